The molecule has 162 valence electrons. The summed E-state index contributed by atoms with van der Waals surface area (Å²) in [6, 6.07) is 16.8. The first-order valence-corrected chi connectivity index (χ1v) is 10.2. The Morgan fingerprint density at radius 1 is 1.06 bits per heavy atom. The zero-order chi connectivity index (χ0) is 22.5. The number of amides is 1. The molecule has 0 saturated heterocycles. The van der Waals surface area contributed by atoms with E-state index in [0.717, 1.165) is 33.5 Å². The topological polar surface area (TPSA) is 93.3 Å². The number of rotatable bonds is 7. The highest BCUT2D eigenvalue weighted by atomic mass is 16.5. The molecule has 0 aliphatic heterocycles. The fraction of sp³-hybridized carbons (Fsp3) is 0.160. The number of benzene rings is 2. The van der Waals surface area contributed by atoms with Gasteiger partial charge in [0.1, 0.15) is 11.5 Å². The minimum atomic E-state index is -0.142. The summed E-state index contributed by atoms with van der Waals surface area (Å²) in [4.78, 5) is 30.7. The first kappa shape index (κ1) is 21.1. The molecule has 7 nitrogen and oxygen atoms in total. The Morgan fingerprint density at radius 3 is 2.62 bits per heavy atom. The predicted molar refractivity (Wildman–Crippen MR) is 124 cm³/mol. The van der Waals surface area contributed by atoms with Gasteiger partial charge in [-0.25, -0.2) is 0 Å². The van der Waals surface area contributed by atoms with Crippen LogP contribution in [0, 0.1) is 0 Å². The van der Waals surface area contributed by atoms with E-state index in [1.165, 1.54) is 6.92 Å². The Morgan fingerprint density at radius 2 is 1.88 bits per heavy atom. The van der Waals surface area contributed by atoms with E-state index in [0.29, 0.717) is 24.3 Å². The summed E-state index contributed by atoms with van der Waals surface area (Å²) in [7, 11) is 1.62. The Bertz CT molecular complexity index is 1310. The highest BCUT2D eigenvalue weighted by Crippen LogP contribution is 2.27. The van der Waals surface area contributed by atoms with Crippen molar-refractivity contribution in [2.24, 2.45) is 0 Å². The molecule has 4 rings (SSSR count). The largest absolute Gasteiger partial charge is 0.497 e. The van der Waals surface area contributed by atoms with Gasteiger partial charge in [-0.2, -0.15) is 0 Å². The van der Waals surface area contributed by atoms with E-state index in [1.54, 1.807) is 19.5 Å². The summed E-state index contributed by atoms with van der Waals surface area (Å²) < 4.78 is 11.2. The molecular formula is C25H23N3O4. The summed E-state index contributed by atoms with van der Waals surface area (Å²) in [5, 5.41) is 3.63. The lowest BCUT2D eigenvalue weighted by Gasteiger charge is -2.10. The molecule has 4 aromatic rings. The SMILES string of the molecule is COc1ccc2c(OCCc3cc(-c4ccc(NC(C)=O)cc4)c[nH]c3=O)ccnc2c1. The van der Waals surface area contributed by atoms with Crippen LogP contribution in [0.25, 0.3) is 22.0 Å². The van der Waals surface area contributed by atoms with Gasteiger partial charge in [-0.3, -0.25) is 14.6 Å². The Labute approximate surface area is 185 Å². The van der Waals surface area contributed by atoms with Crippen LogP contribution < -0.4 is 20.3 Å². The molecule has 2 heterocycles. The van der Waals surface area contributed by atoms with E-state index in [4.69, 9.17) is 9.47 Å². The van der Waals surface area contributed by atoms with Gasteiger partial charge < -0.3 is 19.8 Å². The van der Waals surface area contributed by atoms with Gasteiger partial charge in [0.15, 0.2) is 0 Å². The van der Waals surface area contributed by atoms with Gasteiger partial charge in [-0.05, 0) is 47.5 Å². The average molecular weight is 429 g/mol. The number of fused-ring (bicyclic) bond motifs is 1. The van der Waals surface area contributed by atoms with Crippen molar-refractivity contribution in [2.45, 2.75) is 13.3 Å². The lowest BCUT2D eigenvalue weighted by Crippen LogP contribution is -2.15. The third-order valence-electron chi connectivity index (χ3n) is 5.06. The van der Waals surface area contributed by atoms with Crippen molar-refractivity contribution in [2.75, 3.05) is 19.0 Å². The molecule has 0 aliphatic rings. The second-order valence-corrected chi connectivity index (χ2v) is 7.29. The van der Waals surface area contributed by atoms with Crippen molar-refractivity contribution in [3.63, 3.8) is 0 Å². The number of aromatic amines is 1. The van der Waals surface area contributed by atoms with Gasteiger partial charge >= 0.3 is 0 Å². The fourth-order valence-electron chi connectivity index (χ4n) is 3.46. The van der Waals surface area contributed by atoms with Crippen LogP contribution in [-0.2, 0) is 11.2 Å². The number of aromatic nitrogens is 2. The molecule has 2 aromatic heterocycles. The molecule has 0 spiro atoms. The molecule has 0 radical (unpaired) electrons. The number of anilines is 1. The van der Waals surface area contributed by atoms with E-state index in [2.05, 4.69) is 15.3 Å². The number of hydrogen-bond acceptors (Lipinski definition) is 5. The highest BCUT2D eigenvalue weighted by molar-refractivity contribution is 5.89. The maximum Gasteiger partial charge on any atom is 0.251 e. The number of ether oxygens (including phenoxy) is 2. The number of carbonyl (C=O) groups is 1. The smallest absolute Gasteiger partial charge is 0.251 e. The number of hydrogen-bond donors (Lipinski definition) is 2. The minimum Gasteiger partial charge on any atom is -0.497 e. The molecule has 2 N–H and O–H groups in total. The molecule has 0 fully saturated rings. The Balaban J connectivity index is 1.48. The van der Waals surface area contributed by atoms with Crippen molar-refractivity contribution in [3.8, 4) is 22.6 Å². The third-order valence-corrected chi connectivity index (χ3v) is 5.06. The van der Waals surface area contributed by atoms with Crippen LogP contribution in [0.5, 0.6) is 11.5 Å². The summed E-state index contributed by atoms with van der Waals surface area (Å²) in [6.45, 7) is 1.81. The number of H-pyrrole nitrogens is 1. The van der Waals surface area contributed by atoms with Gasteiger partial charge in [0, 0.05) is 48.4 Å². The maximum atomic E-state index is 12.3. The van der Waals surface area contributed by atoms with E-state index in [1.807, 2.05) is 54.6 Å². The first-order valence-electron chi connectivity index (χ1n) is 10.2. The van der Waals surface area contributed by atoms with Crippen LogP contribution in [0.3, 0.4) is 0 Å². The molecule has 0 aliphatic carbocycles. The van der Waals surface area contributed by atoms with Crippen LogP contribution in [0.2, 0.25) is 0 Å². The van der Waals surface area contributed by atoms with Crippen molar-refractivity contribution >= 4 is 22.5 Å². The second kappa shape index (κ2) is 9.34. The first-order chi connectivity index (χ1) is 15.5. The van der Waals surface area contributed by atoms with Crippen LogP contribution in [-0.4, -0.2) is 29.6 Å². The normalized spacial score (nSPS) is 10.7. The molecule has 1 amide bonds. The molecular weight excluding hydrogens is 406 g/mol. The predicted octanol–water partition coefficient (Wildman–Crippen LogP) is 4.18. The summed E-state index contributed by atoms with van der Waals surface area (Å²) in [6.07, 6.45) is 3.83. The monoisotopic (exact) mass is 429 g/mol. The van der Waals surface area contributed by atoms with Crippen molar-refractivity contribution in [3.05, 3.63) is 82.9 Å². The molecule has 2 aromatic carbocycles. The van der Waals surface area contributed by atoms with Crippen molar-refractivity contribution in [1.29, 1.82) is 0 Å². The molecule has 0 bridgehead atoms. The molecule has 0 saturated carbocycles. The van der Waals surface area contributed by atoms with Gasteiger partial charge in [-0.15, -0.1) is 0 Å². The van der Waals surface area contributed by atoms with Gasteiger partial charge in [0.05, 0.1) is 19.2 Å². The van der Waals surface area contributed by atoms with E-state index >= 15 is 0 Å². The van der Waals surface area contributed by atoms with Gasteiger partial charge in [0.2, 0.25) is 5.91 Å². The van der Waals surface area contributed by atoms with E-state index in [9.17, 15) is 9.59 Å². The van der Waals surface area contributed by atoms with Crippen LogP contribution in [0.4, 0.5) is 5.69 Å². The van der Waals surface area contributed by atoms with Crippen LogP contribution >= 0.6 is 0 Å². The number of methoxy groups -OCH3 is 1. The molecule has 7 heteroatoms. The van der Waals surface area contributed by atoms with Gasteiger partial charge in [0.25, 0.3) is 5.56 Å². The highest BCUT2D eigenvalue weighted by Gasteiger charge is 2.08. The summed E-state index contributed by atoms with van der Waals surface area (Å²) in [5.74, 6) is 1.32. The molecule has 0 unspecified atom stereocenters. The maximum absolute atomic E-state index is 12.3. The van der Waals surface area contributed by atoms with Crippen LogP contribution in [0.1, 0.15) is 12.5 Å². The lowest BCUT2D eigenvalue weighted by molar-refractivity contribution is -0.114. The fourth-order valence-corrected chi connectivity index (χ4v) is 3.46. The summed E-state index contributed by atoms with van der Waals surface area (Å²) >= 11 is 0. The second-order valence-electron chi connectivity index (χ2n) is 7.29. The number of nitrogens with zero attached hydrogens (tertiary/aromatic N) is 1. The van der Waals surface area contributed by atoms with E-state index in [-0.39, 0.29) is 11.5 Å². The zero-order valence-electron chi connectivity index (χ0n) is 17.8. The Kier molecular flexibility index (Phi) is 6.17. The van der Waals surface area contributed by atoms with Gasteiger partial charge in [-0.1, -0.05) is 12.1 Å². The third kappa shape index (κ3) is 4.78. The summed E-state index contributed by atoms with van der Waals surface area (Å²) in [5.41, 5.74) is 3.82. The lowest BCUT2D eigenvalue weighted by atomic mass is 10.0. The standard InChI is InChI=1S/C25H23N3O4/c1-16(29)28-20-5-3-17(4-6-20)19-13-18(25(30)27-15-19)10-12-32-24-9-11-26-23-14-21(31-2)7-8-22(23)24/h3-9,11,13-15H,10,12H2,1-2H3,(H,27,30)(H,28,29). The number of pyridine rings is 2. The number of carbonyl (C=O) groups excluding carboxylic acids is 1. The van der Waals surface area contributed by atoms with Crippen molar-refractivity contribution in [1.82, 2.24) is 9.97 Å². The molecule has 0 atom stereocenters. The van der Waals surface area contributed by atoms with E-state index < -0.39 is 0 Å². The molecule has 32 heavy (non-hydrogen) atoms. The Hall–Kier alpha value is -4.13. The quantitative estimate of drug-likeness (QED) is 0.460. The minimum absolute atomic E-state index is 0.120. The van der Waals surface area contributed by atoms with Crippen molar-refractivity contribution < 1.29 is 14.3 Å². The number of nitrogens with one attached hydrogen (secondary N) is 2. The van der Waals surface area contributed by atoms with Crippen LogP contribution in [0.15, 0.2) is 71.8 Å². The zero-order valence-corrected chi connectivity index (χ0v) is 17.8. The average Bonchev–Trinajstić information content (AvgIpc) is 2.80.